The Hall–Kier alpha value is -2.29. The minimum Gasteiger partial charge on any atom is -0.496 e. The van der Waals surface area contributed by atoms with Crippen LogP contribution in [0.2, 0.25) is 0 Å². The number of nitrogens with zero attached hydrogens (tertiary/aromatic N) is 3. The third kappa shape index (κ3) is 4.12. The predicted octanol–water partition coefficient (Wildman–Crippen LogP) is 3.64. The largest absolute Gasteiger partial charge is 0.496 e. The number of rotatable bonds is 8. The molecule has 160 valence electrons. The topological polar surface area (TPSA) is 75.5 Å². The highest BCUT2D eigenvalue weighted by Gasteiger charge is 2.31. The second-order valence-electron chi connectivity index (χ2n) is 7.25. The Kier molecular flexibility index (Phi) is 6.76. The average Bonchev–Trinajstić information content (AvgIpc) is 3.00. The summed E-state index contributed by atoms with van der Waals surface area (Å²) in [5.41, 5.74) is 3.65. The van der Waals surface area contributed by atoms with E-state index in [9.17, 15) is 4.21 Å². The van der Waals surface area contributed by atoms with E-state index in [2.05, 4.69) is 4.98 Å². The number of benzene rings is 1. The minimum absolute atomic E-state index is 0.230. The molecule has 7 nitrogen and oxygen atoms in total. The quantitative estimate of drug-likeness (QED) is 0.402. The van der Waals surface area contributed by atoms with E-state index < -0.39 is 10.8 Å². The van der Waals surface area contributed by atoms with Crippen LogP contribution in [0.3, 0.4) is 0 Å². The third-order valence-corrected chi connectivity index (χ3v) is 7.07. The maximum absolute atomic E-state index is 13.9. The van der Waals surface area contributed by atoms with Crippen LogP contribution >= 0.6 is 0 Å². The summed E-state index contributed by atoms with van der Waals surface area (Å²) >= 11 is 0. The van der Waals surface area contributed by atoms with Gasteiger partial charge in [0.15, 0.2) is 0 Å². The van der Waals surface area contributed by atoms with Gasteiger partial charge in [-0.1, -0.05) is 18.6 Å². The molecule has 3 aromatic rings. The first-order chi connectivity index (χ1) is 14.7. The standard InChI is InChI=1S/C22H27N3O4S/c1-27-13-14-29-15-25-18-9-5-4-8-17(18)24-22(25)30(26)20-10-6-3-7-16-19(28-2)11-12-23-21(16)20/h4-5,8-9,11-12,20H,3,6-7,10,13-15H2,1-2H3. The van der Waals surface area contributed by atoms with E-state index in [0.717, 1.165) is 53.7 Å². The summed E-state index contributed by atoms with van der Waals surface area (Å²) in [6.07, 6.45) is 5.44. The van der Waals surface area contributed by atoms with Crippen molar-refractivity contribution in [3.63, 3.8) is 0 Å². The fraction of sp³-hybridized carbons (Fsp3) is 0.455. The molecule has 0 spiro atoms. The van der Waals surface area contributed by atoms with Crippen LogP contribution in [-0.2, 0) is 33.4 Å². The van der Waals surface area contributed by atoms with E-state index >= 15 is 0 Å². The van der Waals surface area contributed by atoms with Gasteiger partial charge in [0.05, 0.1) is 53.1 Å². The van der Waals surface area contributed by atoms with Crippen LogP contribution in [0.1, 0.15) is 35.8 Å². The lowest BCUT2D eigenvalue weighted by Crippen LogP contribution is -2.16. The molecule has 2 heterocycles. The molecule has 1 aliphatic rings. The van der Waals surface area contributed by atoms with Gasteiger partial charge in [0.25, 0.3) is 0 Å². The summed E-state index contributed by atoms with van der Waals surface area (Å²) < 4.78 is 32.2. The molecular formula is C22H27N3O4S. The molecule has 0 saturated heterocycles. The van der Waals surface area contributed by atoms with Crippen LogP contribution in [0.4, 0.5) is 0 Å². The Labute approximate surface area is 178 Å². The van der Waals surface area contributed by atoms with Gasteiger partial charge in [0.2, 0.25) is 5.16 Å². The summed E-state index contributed by atoms with van der Waals surface area (Å²) in [5, 5.41) is 0.295. The van der Waals surface area contributed by atoms with E-state index in [-0.39, 0.29) is 12.0 Å². The Morgan fingerprint density at radius 2 is 2.03 bits per heavy atom. The van der Waals surface area contributed by atoms with Gasteiger partial charge in [-0.05, 0) is 37.5 Å². The molecule has 0 amide bonds. The summed E-state index contributed by atoms with van der Waals surface area (Å²) in [4.78, 5) is 9.35. The number of para-hydroxylation sites is 2. The zero-order valence-electron chi connectivity index (χ0n) is 17.4. The second-order valence-corrected chi connectivity index (χ2v) is 8.78. The molecule has 4 rings (SSSR count). The monoisotopic (exact) mass is 429 g/mol. The molecular weight excluding hydrogens is 402 g/mol. The minimum atomic E-state index is -1.38. The van der Waals surface area contributed by atoms with Crippen molar-refractivity contribution in [2.75, 3.05) is 27.4 Å². The summed E-state index contributed by atoms with van der Waals surface area (Å²) in [7, 11) is 1.93. The molecule has 0 bridgehead atoms. The van der Waals surface area contributed by atoms with Gasteiger partial charge in [-0.15, -0.1) is 0 Å². The summed E-state index contributed by atoms with van der Waals surface area (Å²) in [6.45, 7) is 1.24. The number of imidazole rings is 1. The van der Waals surface area contributed by atoms with E-state index in [1.165, 1.54) is 0 Å². The van der Waals surface area contributed by atoms with Crippen molar-refractivity contribution in [2.24, 2.45) is 0 Å². The van der Waals surface area contributed by atoms with Crippen LogP contribution in [0, 0.1) is 0 Å². The van der Waals surface area contributed by atoms with Gasteiger partial charge in [0, 0.05) is 18.9 Å². The second kappa shape index (κ2) is 9.68. The number of fused-ring (bicyclic) bond motifs is 2. The van der Waals surface area contributed by atoms with Crippen molar-refractivity contribution in [1.82, 2.24) is 14.5 Å². The lowest BCUT2D eigenvalue weighted by Gasteiger charge is -2.18. The molecule has 2 atom stereocenters. The maximum atomic E-state index is 13.9. The normalized spacial score (nSPS) is 17.5. The maximum Gasteiger partial charge on any atom is 0.202 e. The van der Waals surface area contributed by atoms with E-state index in [4.69, 9.17) is 19.2 Å². The lowest BCUT2D eigenvalue weighted by atomic mass is 10.1. The van der Waals surface area contributed by atoms with Gasteiger partial charge in [-0.2, -0.15) is 0 Å². The number of hydrogen-bond donors (Lipinski definition) is 0. The third-order valence-electron chi connectivity index (χ3n) is 5.42. The van der Waals surface area contributed by atoms with E-state index in [1.54, 1.807) is 20.4 Å². The van der Waals surface area contributed by atoms with Crippen molar-refractivity contribution in [2.45, 2.75) is 42.8 Å². The summed E-state index contributed by atoms with van der Waals surface area (Å²) in [5.74, 6) is 0.820. The number of ether oxygens (including phenoxy) is 3. The number of hydrogen-bond acceptors (Lipinski definition) is 6. The zero-order chi connectivity index (χ0) is 20.9. The van der Waals surface area contributed by atoms with Crippen LogP contribution in [0.5, 0.6) is 5.75 Å². The molecule has 0 saturated carbocycles. The van der Waals surface area contributed by atoms with Crippen molar-refractivity contribution >= 4 is 21.8 Å². The van der Waals surface area contributed by atoms with Crippen LogP contribution in [0.25, 0.3) is 11.0 Å². The molecule has 1 aromatic carbocycles. The van der Waals surface area contributed by atoms with Gasteiger partial charge in [-0.25, -0.2) is 4.98 Å². The number of pyridine rings is 1. The smallest absolute Gasteiger partial charge is 0.202 e. The number of aromatic nitrogens is 3. The highest BCUT2D eigenvalue weighted by Crippen LogP contribution is 2.38. The van der Waals surface area contributed by atoms with E-state index in [1.807, 2.05) is 34.9 Å². The molecule has 1 aliphatic carbocycles. The Morgan fingerprint density at radius 3 is 2.87 bits per heavy atom. The van der Waals surface area contributed by atoms with Gasteiger partial charge in [-0.3, -0.25) is 13.8 Å². The fourth-order valence-corrected chi connectivity index (χ4v) is 5.54. The van der Waals surface area contributed by atoms with Crippen molar-refractivity contribution in [3.8, 4) is 5.75 Å². The summed E-state index contributed by atoms with van der Waals surface area (Å²) in [6, 6.07) is 9.68. The van der Waals surface area contributed by atoms with Gasteiger partial charge >= 0.3 is 0 Å². The molecule has 0 radical (unpaired) electrons. The zero-order valence-corrected chi connectivity index (χ0v) is 18.2. The highest BCUT2D eigenvalue weighted by atomic mass is 32.2. The average molecular weight is 430 g/mol. The highest BCUT2D eigenvalue weighted by molar-refractivity contribution is 7.85. The van der Waals surface area contributed by atoms with Crippen molar-refractivity contribution in [1.29, 1.82) is 0 Å². The van der Waals surface area contributed by atoms with Crippen LogP contribution in [0.15, 0.2) is 41.7 Å². The van der Waals surface area contributed by atoms with Gasteiger partial charge < -0.3 is 14.2 Å². The molecule has 2 aromatic heterocycles. The lowest BCUT2D eigenvalue weighted by molar-refractivity contribution is 0.0323. The Bertz CT molecular complexity index is 1040. The number of methoxy groups -OCH3 is 2. The predicted molar refractivity (Wildman–Crippen MR) is 115 cm³/mol. The fourth-order valence-electron chi connectivity index (χ4n) is 3.94. The first kappa shape index (κ1) is 21.0. The van der Waals surface area contributed by atoms with Gasteiger partial charge in [0.1, 0.15) is 12.5 Å². The molecule has 8 heteroatoms. The first-order valence-electron chi connectivity index (χ1n) is 10.2. The van der Waals surface area contributed by atoms with Crippen LogP contribution in [-0.4, -0.2) is 46.2 Å². The van der Waals surface area contributed by atoms with Crippen molar-refractivity contribution in [3.05, 3.63) is 47.8 Å². The Balaban J connectivity index is 1.73. The molecule has 0 aliphatic heterocycles. The molecule has 30 heavy (non-hydrogen) atoms. The Morgan fingerprint density at radius 1 is 1.17 bits per heavy atom. The molecule has 0 N–H and O–H groups in total. The van der Waals surface area contributed by atoms with Crippen LogP contribution < -0.4 is 4.74 Å². The SMILES string of the molecule is COCCOCn1c(S(=O)C2CCCCc3c(OC)ccnc32)nc2ccccc21. The van der Waals surface area contributed by atoms with E-state index in [0.29, 0.717) is 18.4 Å². The first-order valence-corrected chi connectivity index (χ1v) is 11.4. The van der Waals surface area contributed by atoms with Crippen molar-refractivity contribution < 1.29 is 18.4 Å². The molecule has 0 fully saturated rings. The molecule has 2 unspecified atom stereocenters.